The summed E-state index contributed by atoms with van der Waals surface area (Å²) in [6.45, 7) is 4.64. The lowest BCUT2D eigenvalue weighted by Gasteiger charge is -2.26. The normalized spacial score (nSPS) is 14.3. The van der Waals surface area contributed by atoms with Gasteiger partial charge in [-0.05, 0) is 37.2 Å². The van der Waals surface area contributed by atoms with Crippen LogP contribution < -0.4 is 10.6 Å². The highest BCUT2D eigenvalue weighted by Crippen LogP contribution is 2.31. The third-order valence-electron chi connectivity index (χ3n) is 4.45. The van der Waals surface area contributed by atoms with Crippen LogP contribution in [-0.2, 0) is 4.74 Å². The van der Waals surface area contributed by atoms with E-state index in [0.29, 0.717) is 12.2 Å². The van der Waals surface area contributed by atoms with Crippen molar-refractivity contribution >= 4 is 29.0 Å². The van der Waals surface area contributed by atoms with Crippen LogP contribution in [-0.4, -0.2) is 70.3 Å². The van der Waals surface area contributed by atoms with Crippen LogP contribution in [0.2, 0.25) is 0 Å². The third kappa shape index (κ3) is 5.59. The number of carbonyl (C=O) groups is 1. The van der Waals surface area contributed by atoms with E-state index in [9.17, 15) is 14.9 Å². The number of carboxylic acid groups (broad SMARTS) is 1. The third-order valence-corrected chi connectivity index (χ3v) is 4.45. The predicted octanol–water partition coefficient (Wildman–Crippen LogP) is 1.96. The van der Waals surface area contributed by atoms with Crippen molar-refractivity contribution in [3.8, 4) is 0 Å². The van der Waals surface area contributed by atoms with Gasteiger partial charge in [0.25, 0.3) is 0 Å². The Labute approximate surface area is 166 Å². The largest absolute Gasteiger partial charge is 0.478 e. The molecular weight excluding hydrogens is 380 g/mol. The summed E-state index contributed by atoms with van der Waals surface area (Å²) >= 11 is 0. The molecule has 1 aromatic carbocycles. The highest BCUT2D eigenvalue weighted by Gasteiger charge is 2.23. The molecule has 1 saturated heterocycles. The maximum atomic E-state index is 11.6. The van der Waals surface area contributed by atoms with Crippen molar-refractivity contribution in [2.24, 2.45) is 0 Å². The minimum absolute atomic E-state index is 0.0313. The quantitative estimate of drug-likeness (QED) is 0.323. The molecule has 1 fully saturated rings. The summed E-state index contributed by atoms with van der Waals surface area (Å²) in [6, 6.07) is 5.85. The first-order valence-electron chi connectivity index (χ1n) is 9.18. The highest BCUT2D eigenvalue weighted by molar-refractivity contribution is 5.88. The van der Waals surface area contributed by atoms with Crippen LogP contribution in [0.5, 0.6) is 0 Å². The molecule has 0 spiro atoms. The van der Waals surface area contributed by atoms with Crippen molar-refractivity contribution in [1.29, 1.82) is 0 Å². The fraction of sp³-hybridized carbons (Fsp3) is 0.389. The molecule has 0 bridgehead atoms. The van der Waals surface area contributed by atoms with Gasteiger partial charge in [0.1, 0.15) is 6.33 Å². The number of nitro groups is 1. The number of rotatable bonds is 9. The number of ether oxygens (including phenoxy) is 1. The molecule has 2 heterocycles. The van der Waals surface area contributed by atoms with Gasteiger partial charge in [-0.3, -0.25) is 15.0 Å². The van der Waals surface area contributed by atoms with Gasteiger partial charge in [0.05, 0.1) is 23.7 Å². The fourth-order valence-corrected chi connectivity index (χ4v) is 2.94. The molecule has 1 aliphatic rings. The first-order chi connectivity index (χ1) is 14.0. The van der Waals surface area contributed by atoms with Crippen LogP contribution in [0.3, 0.4) is 0 Å². The number of hydrogen-bond donors (Lipinski definition) is 3. The predicted molar refractivity (Wildman–Crippen MR) is 106 cm³/mol. The van der Waals surface area contributed by atoms with Gasteiger partial charge in [-0.25, -0.2) is 14.8 Å². The van der Waals surface area contributed by atoms with Crippen molar-refractivity contribution in [2.75, 3.05) is 50.0 Å². The number of hydrogen-bond acceptors (Lipinski definition) is 9. The molecule has 0 aliphatic carbocycles. The molecule has 3 rings (SSSR count). The lowest BCUT2D eigenvalue weighted by Crippen LogP contribution is -2.37. The average molecular weight is 402 g/mol. The number of nitrogens with zero attached hydrogens (tertiary/aromatic N) is 4. The molecule has 29 heavy (non-hydrogen) atoms. The van der Waals surface area contributed by atoms with E-state index in [1.165, 1.54) is 30.6 Å². The lowest BCUT2D eigenvalue weighted by molar-refractivity contribution is -0.383. The number of morpholine rings is 1. The van der Waals surface area contributed by atoms with Crippen LogP contribution in [0.1, 0.15) is 16.8 Å². The van der Waals surface area contributed by atoms with Crippen LogP contribution in [0, 0.1) is 10.1 Å². The summed E-state index contributed by atoms with van der Waals surface area (Å²) in [7, 11) is 0. The highest BCUT2D eigenvalue weighted by atomic mass is 16.6. The minimum Gasteiger partial charge on any atom is -0.478 e. The fourth-order valence-electron chi connectivity index (χ4n) is 2.94. The Kier molecular flexibility index (Phi) is 6.87. The van der Waals surface area contributed by atoms with Crippen molar-refractivity contribution in [3.05, 3.63) is 46.3 Å². The number of aromatic carboxylic acids is 1. The van der Waals surface area contributed by atoms with Gasteiger partial charge in [0, 0.05) is 25.3 Å². The van der Waals surface area contributed by atoms with E-state index in [2.05, 4.69) is 25.5 Å². The number of nitrogens with one attached hydrogen (secondary N) is 2. The summed E-state index contributed by atoms with van der Waals surface area (Å²) in [5.41, 5.74) is 0.339. The SMILES string of the molecule is O=C(O)c1ccc(Nc2ncnc(NCCCN3CCOCC3)c2[N+](=O)[O-])cc1. The zero-order chi connectivity index (χ0) is 20.6. The van der Waals surface area contributed by atoms with Gasteiger partial charge in [0.15, 0.2) is 0 Å². The Morgan fingerprint density at radius 1 is 1.21 bits per heavy atom. The molecule has 3 N–H and O–H groups in total. The van der Waals surface area contributed by atoms with Crippen molar-refractivity contribution in [3.63, 3.8) is 0 Å². The Balaban J connectivity index is 1.65. The molecule has 0 atom stereocenters. The summed E-state index contributed by atoms with van der Waals surface area (Å²) in [4.78, 5) is 32.3. The molecule has 1 aliphatic heterocycles. The van der Waals surface area contributed by atoms with Gasteiger partial charge in [-0.1, -0.05) is 0 Å². The molecule has 2 aromatic rings. The van der Waals surface area contributed by atoms with Gasteiger partial charge >= 0.3 is 11.7 Å². The molecule has 0 radical (unpaired) electrons. The standard InChI is InChI=1S/C18H22N6O5/c25-18(26)13-2-4-14(5-3-13)22-17-15(24(27)28)16(20-12-21-17)19-6-1-7-23-8-10-29-11-9-23/h2-5,12H,1,6-11H2,(H,25,26)(H2,19,20,21,22). The smallest absolute Gasteiger partial charge is 0.353 e. The Hall–Kier alpha value is -3.31. The van der Waals surface area contributed by atoms with Crippen LogP contribution in [0.25, 0.3) is 0 Å². The summed E-state index contributed by atoms with van der Waals surface area (Å²) in [6.07, 6.45) is 2.05. The van der Waals surface area contributed by atoms with Crippen molar-refractivity contribution in [1.82, 2.24) is 14.9 Å². The van der Waals surface area contributed by atoms with Crippen LogP contribution in [0.15, 0.2) is 30.6 Å². The number of anilines is 3. The molecule has 11 heteroatoms. The molecule has 0 saturated carbocycles. The zero-order valence-corrected chi connectivity index (χ0v) is 15.7. The van der Waals surface area contributed by atoms with Crippen molar-refractivity contribution in [2.45, 2.75) is 6.42 Å². The van der Waals surface area contributed by atoms with E-state index in [4.69, 9.17) is 9.84 Å². The zero-order valence-electron chi connectivity index (χ0n) is 15.7. The van der Waals surface area contributed by atoms with Crippen molar-refractivity contribution < 1.29 is 19.6 Å². The Morgan fingerprint density at radius 2 is 1.90 bits per heavy atom. The maximum absolute atomic E-state index is 11.6. The van der Waals surface area contributed by atoms with E-state index in [0.717, 1.165) is 39.3 Å². The van der Waals surface area contributed by atoms with Crippen LogP contribution >= 0.6 is 0 Å². The maximum Gasteiger partial charge on any atom is 0.353 e. The van der Waals surface area contributed by atoms with E-state index >= 15 is 0 Å². The second kappa shape index (κ2) is 9.75. The monoisotopic (exact) mass is 402 g/mol. The molecule has 11 nitrogen and oxygen atoms in total. The number of carboxylic acids is 1. The van der Waals surface area contributed by atoms with E-state index in [1.807, 2.05) is 0 Å². The second-order valence-corrected chi connectivity index (χ2v) is 6.42. The molecule has 154 valence electrons. The van der Waals surface area contributed by atoms with Gasteiger partial charge in [0.2, 0.25) is 11.6 Å². The lowest BCUT2D eigenvalue weighted by atomic mass is 10.2. The van der Waals surface area contributed by atoms with E-state index < -0.39 is 10.9 Å². The summed E-state index contributed by atoms with van der Waals surface area (Å²) in [5, 5.41) is 26.4. The Morgan fingerprint density at radius 3 is 2.55 bits per heavy atom. The molecule has 0 unspecified atom stereocenters. The number of aromatic nitrogens is 2. The summed E-state index contributed by atoms with van der Waals surface area (Å²) in [5.74, 6) is -0.881. The summed E-state index contributed by atoms with van der Waals surface area (Å²) < 4.78 is 5.31. The topological polar surface area (TPSA) is 143 Å². The first kappa shape index (κ1) is 20.4. The first-order valence-corrected chi connectivity index (χ1v) is 9.18. The van der Waals surface area contributed by atoms with Gasteiger partial charge in [-0.2, -0.15) is 0 Å². The molecule has 1 aromatic heterocycles. The van der Waals surface area contributed by atoms with Gasteiger partial charge < -0.3 is 20.5 Å². The number of benzene rings is 1. The van der Waals surface area contributed by atoms with E-state index in [1.54, 1.807) is 0 Å². The minimum atomic E-state index is -1.05. The van der Waals surface area contributed by atoms with E-state index in [-0.39, 0.29) is 22.9 Å². The average Bonchev–Trinajstić information content (AvgIpc) is 2.72. The molecular formula is C18H22N6O5. The molecule has 0 amide bonds. The van der Waals surface area contributed by atoms with Crippen LogP contribution in [0.4, 0.5) is 23.0 Å². The Bertz CT molecular complexity index is 854. The second-order valence-electron chi connectivity index (χ2n) is 6.42. The van der Waals surface area contributed by atoms with Gasteiger partial charge in [-0.15, -0.1) is 0 Å².